The summed E-state index contributed by atoms with van der Waals surface area (Å²) in [5.74, 6) is -0.00964. The Morgan fingerprint density at radius 2 is 2.27 bits per heavy atom. The van der Waals surface area contributed by atoms with Crippen LogP contribution in [0.5, 0.6) is 0 Å². The van der Waals surface area contributed by atoms with Crippen LogP contribution in [0.25, 0.3) is 0 Å². The van der Waals surface area contributed by atoms with E-state index in [-0.39, 0.29) is 11.7 Å². The Hall–Kier alpha value is -1.28. The van der Waals surface area contributed by atoms with Gasteiger partial charge in [-0.2, -0.15) is 0 Å². The largest absolute Gasteiger partial charge is 0.383 e. The van der Waals surface area contributed by atoms with Gasteiger partial charge in [0, 0.05) is 13.7 Å². The van der Waals surface area contributed by atoms with Crippen LogP contribution in [-0.4, -0.2) is 40.1 Å². The average molecular weight is 361 g/mol. The van der Waals surface area contributed by atoms with Crippen molar-refractivity contribution in [1.82, 2.24) is 14.8 Å². The Bertz CT molecular complexity index is 651. The maximum Gasteiger partial charge on any atom is 0.234 e. The lowest BCUT2D eigenvalue weighted by Crippen LogP contribution is -2.15. The molecule has 118 valence electrons. The Morgan fingerprint density at radius 3 is 3.05 bits per heavy atom. The third-order valence-corrected chi connectivity index (χ3v) is 4.47. The van der Waals surface area contributed by atoms with Gasteiger partial charge in [0.1, 0.15) is 6.33 Å². The Balaban J connectivity index is 1.90. The van der Waals surface area contributed by atoms with E-state index in [1.807, 2.05) is 4.57 Å². The van der Waals surface area contributed by atoms with Crippen molar-refractivity contribution in [3.63, 3.8) is 0 Å². The maximum atomic E-state index is 12.0. The van der Waals surface area contributed by atoms with Crippen molar-refractivity contribution in [3.05, 3.63) is 34.6 Å². The summed E-state index contributed by atoms with van der Waals surface area (Å²) >= 11 is 13.2. The first-order valence-corrected chi connectivity index (χ1v) is 8.09. The number of hydrogen-bond acceptors (Lipinski definition) is 5. The number of thioether (sulfide) groups is 1. The van der Waals surface area contributed by atoms with Gasteiger partial charge < -0.3 is 14.6 Å². The topological polar surface area (TPSA) is 69.0 Å². The van der Waals surface area contributed by atoms with Gasteiger partial charge in [-0.15, -0.1) is 10.2 Å². The van der Waals surface area contributed by atoms with Gasteiger partial charge in [-0.3, -0.25) is 4.79 Å². The van der Waals surface area contributed by atoms with Gasteiger partial charge in [0.15, 0.2) is 5.16 Å². The minimum atomic E-state index is -0.199. The molecule has 1 heterocycles. The fourth-order valence-electron chi connectivity index (χ4n) is 1.62. The zero-order chi connectivity index (χ0) is 15.9. The summed E-state index contributed by atoms with van der Waals surface area (Å²) in [7, 11) is 1.62. The van der Waals surface area contributed by atoms with Crippen LogP contribution in [0.15, 0.2) is 29.7 Å². The lowest BCUT2D eigenvalue weighted by atomic mass is 10.3. The van der Waals surface area contributed by atoms with Crippen molar-refractivity contribution in [2.75, 3.05) is 24.8 Å². The van der Waals surface area contributed by atoms with Crippen LogP contribution in [0.2, 0.25) is 10.0 Å². The molecule has 0 saturated heterocycles. The number of nitrogens with zero attached hydrogens (tertiary/aromatic N) is 3. The normalized spacial score (nSPS) is 10.7. The summed E-state index contributed by atoms with van der Waals surface area (Å²) in [5.41, 5.74) is 0.487. The van der Waals surface area contributed by atoms with E-state index in [9.17, 15) is 4.79 Å². The highest BCUT2D eigenvalue weighted by atomic mass is 35.5. The van der Waals surface area contributed by atoms with Crippen LogP contribution in [0, 0.1) is 0 Å². The number of rotatable bonds is 7. The zero-order valence-corrected chi connectivity index (χ0v) is 14.1. The van der Waals surface area contributed by atoms with Crippen molar-refractivity contribution in [2.45, 2.75) is 11.7 Å². The highest BCUT2D eigenvalue weighted by Gasteiger charge is 2.11. The number of nitrogens with one attached hydrogen (secondary N) is 1. The van der Waals surface area contributed by atoms with E-state index >= 15 is 0 Å². The second kappa shape index (κ2) is 8.38. The number of methoxy groups -OCH3 is 1. The summed E-state index contributed by atoms with van der Waals surface area (Å²) in [4.78, 5) is 12.0. The van der Waals surface area contributed by atoms with Crippen LogP contribution in [0.1, 0.15) is 0 Å². The molecule has 0 saturated carbocycles. The van der Waals surface area contributed by atoms with Crippen LogP contribution >= 0.6 is 35.0 Å². The molecule has 0 radical (unpaired) electrons. The Morgan fingerprint density at radius 1 is 1.45 bits per heavy atom. The predicted molar refractivity (Wildman–Crippen MR) is 87.7 cm³/mol. The molecule has 0 aliphatic rings. The smallest absolute Gasteiger partial charge is 0.234 e. The van der Waals surface area contributed by atoms with E-state index in [0.29, 0.717) is 34.0 Å². The van der Waals surface area contributed by atoms with Crippen molar-refractivity contribution in [2.24, 2.45) is 0 Å². The second-order valence-corrected chi connectivity index (χ2v) is 5.97. The SMILES string of the molecule is COCCn1cnnc1SCC(=O)Nc1cccc(Cl)c1Cl. The quantitative estimate of drug-likeness (QED) is 0.768. The highest BCUT2D eigenvalue weighted by Crippen LogP contribution is 2.29. The van der Waals surface area contributed by atoms with E-state index in [1.54, 1.807) is 31.6 Å². The van der Waals surface area contributed by atoms with Gasteiger partial charge >= 0.3 is 0 Å². The van der Waals surface area contributed by atoms with Crippen LogP contribution in [0.4, 0.5) is 5.69 Å². The number of benzene rings is 1. The molecule has 0 bridgehead atoms. The Kier molecular flexibility index (Phi) is 6.50. The average Bonchev–Trinajstić information content (AvgIpc) is 2.95. The first-order chi connectivity index (χ1) is 10.6. The van der Waals surface area contributed by atoms with E-state index < -0.39 is 0 Å². The minimum Gasteiger partial charge on any atom is -0.383 e. The molecule has 0 spiro atoms. The van der Waals surface area contributed by atoms with Crippen molar-refractivity contribution < 1.29 is 9.53 Å². The molecule has 9 heteroatoms. The molecule has 2 rings (SSSR count). The maximum absolute atomic E-state index is 12.0. The molecule has 0 aliphatic carbocycles. The molecule has 1 aromatic carbocycles. The van der Waals surface area contributed by atoms with Gasteiger partial charge in [0.2, 0.25) is 5.91 Å². The van der Waals surface area contributed by atoms with Gasteiger partial charge in [-0.05, 0) is 12.1 Å². The summed E-state index contributed by atoms with van der Waals surface area (Å²) in [6, 6.07) is 5.07. The first-order valence-electron chi connectivity index (χ1n) is 6.35. The molecule has 22 heavy (non-hydrogen) atoms. The van der Waals surface area contributed by atoms with Gasteiger partial charge in [-0.1, -0.05) is 41.0 Å². The number of hydrogen-bond donors (Lipinski definition) is 1. The molecule has 0 atom stereocenters. The van der Waals surface area contributed by atoms with E-state index in [0.717, 1.165) is 0 Å². The van der Waals surface area contributed by atoms with E-state index in [4.69, 9.17) is 27.9 Å². The van der Waals surface area contributed by atoms with Crippen molar-refractivity contribution in [1.29, 1.82) is 0 Å². The van der Waals surface area contributed by atoms with Gasteiger partial charge in [0.25, 0.3) is 0 Å². The third-order valence-electron chi connectivity index (χ3n) is 2.67. The number of amides is 1. The molecule has 1 N–H and O–H groups in total. The van der Waals surface area contributed by atoms with E-state index in [2.05, 4.69) is 15.5 Å². The van der Waals surface area contributed by atoms with Crippen LogP contribution in [0.3, 0.4) is 0 Å². The lowest BCUT2D eigenvalue weighted by Gasteiger charge is -2.08. The third kappa shape index (κ3) is 4.61. The van der Waals surface area contributed by atoms with Gasteiger partial charge in [0.05, 0.1) is 28.1 Å². The van der Waals surface area contributed by atoms with E-state index in [1.165, 1.54) is 11.8 Å². The van der Waals surface area contributed by atoms with Gasteiger partial charge in [-0.25, -0.2) is 0 Å². The molecule has 2 aromatic rings. The molecule has 6 nitrogen and oxygen atoms in total. The van der Waals surface area contributed by atoms with Crippen molar-refractivity contribution >= 4 is 46.6 Å². The fraction of sp³-hybridized carbons (Fsp3) is 0.308. The summed E-state index contributed by atoms with van der Waals surface area (Å²) in [5, 5.41) is 11.9. The molecule has 1 aromatic heterocycles. The number of anilines is 1. The fourth-order valence-corrected chi connectivity index (χ4v) is 2.71. The monoisotopic (exact) mass is 360 g/mol. The molecule has 1 amide bonds. The second-order valence-electron chi connectivity index (χ2n) is 4.24. The number of carbonyl (C=O) groups is 1. The highest BCUT2D eigenvalue weighted by molar-refractivity contribution is 7.99. The molecule has 0 aliphatic heterocycles. The molecule has 0 fully saturated rings. The molecule has 0 unspecified atom stereocenters. The number of ether oxygens (including phenoxy) is 1. The zero-order valence-electron chi connectivity index (χ0n) is 11.8. The standard InChI is InChI=1S/C13H14Cl2N4O2S/c1-21-6-5-19-8-16-18-13(19)22-7-11(20)17-10-4-2-3-9(14)12(10)15/h2-4,8H,5-7H2,1H3,(H,17,20). The summed E-state index contributed by atoms with van der Waals surface area (Å²) in [6.07, 6.45) is 1.60. The van der Waals surface area contributed by atoms with Crippen LogP contribution in [-0.2, 0) is 16.1 Å². The van der Waals surface area contributed by atoms with Crippen molar-refractivity contribution in [3.8, 4) is 0 Å². The lowest BCUT2D eigenvalue weighted by molar-refractivity contribution is -0.113. The van der Waals surface area contributed by atoms with Crippen LogP contribution < -0.4 is 5.32 Å². The molecular weight excluding hydrogens is 347 g/mol. The summed E-state index contributed by atoms with van der Waals surface area (Å²) in [6.45, 7) is 1.18. The summed E-state index contributed by atoms with van der Waals surface area (Å²) < 4.78 is 6.83. The predicted octanol–water partition coefficient (Wildman–Crippen LogP) is 2.96. The minimum absolute atomic E-state index is 0.189. The number of aromatic nitrogens is 3. The number of halogens is 2. The number of carbonyl (C=O) groups excluding carboxylic acids is 1. The first kappa shape index (κ1) is 17.1. The Labute approximate surface area is 142 Å². The molecular formula is C13H14Cl2N4O2S.